The summed E-state index contributed by atoms with van der Waals surface area (Å²) in [5.74, 6) is -0.657. The summed E-state index contributed by atoms with van der Waals surface area (Å²) in [5.41, 5.74) is -0.107. The molecule has 0 heterocycles. The highest BCUT2D eigenvalue weighted by atomic mass is 16.5. The van der Waals surface area contributed by atoms with E-state index in [9.17, 15) is 34.5 Å². The van der Waals surface area contributed by atoms with Crippen molar-refractivity contribution in [1.82, 2.24) is 5.32 Å². The van der Waals surface area contributed by atoms with E-state index >= 15 is 0 Å². The molecule has 3 fully saturated rings. The Balaban J connectivity index is 1.10. The first-order valence-electron chi connectivity index (χ1n) is 15.3. The number of phenolic OH excluding ortho intramolecular Hbond substituents is 2. The number of ether oxygens (including phenoxy) is 1. The fraction of sp³-hybridized carbons (Fsp3) is 0.636. The third-order valence-corrected chi connectivity index (χ3v) is 11.3. The smallest absolute Gasteiger partial charge is 0.306 e. The number of ketones is 2. The Hall–Kier alpha value is -3.20. The van der Waals surface area contributed by atoms with E-state index in [1.807, 2.05) is 13.0 Å². The number of hydrogen-bond acceptors (Lipinski definition) is 8. The Bertz CT molecular complexity index is 1300. The number of Topliss-reactive ketones (excluding diaryl/α,β-unsaturated/α-hetero) is 1. The number of esters is 1. The standard InChI is InChI=1S/C33H43NO8/c1-31-13-9-22(35)18-21(31)4-5-23-24(31)10-14-32(2)25(23)11-15-33(32,41)28(38)19-42-30(40)8-7-29(39)34-16-12-20-3-6-26(36)27(37)17-20/h3,6,17-18,23-25,36-37,41H,4-5,7-16,19H2,1-2H3,(H,34,39)/t23-,24+,25+,31+,32+,33+/m1/s1. The van der Waals surface area contributed by atoms with Crippen LogP contribution in [0.2, 0.25) is 0 Å². The molecule has 3 saturated carbocycles. The van der Waals surface area contributed by atoms with E-state index in [2.05, 4.69) is 12.2 Å². The molecule has 0 bridgehead atoms. The summed E-state index contributed by atoms with van der Waals surface area (Å²) in [5, 5.41) is 33.4. The number of amides is 1. The molecule has 9 nitrogen and oxygen atoms in total. The van der Waals surface area contributed by atoms with Gasteiger partial charge in [-0.15, -0.1) is 0 Å². The average Bonchev–Trinajstić information content (AvgIpc) is 3.24. The fourth-order valence-corrected chi connectivity index (χ4v) is 8.75. The molecule has 1 aromatic carbocycles. The Morgan fingerprint density at radius 3 is 2.50 bits per heavy atom. The molecule has 5 rings (SSSR count). The molecule has 0 saturated heterocycles. The van der Waals surface area contributed by atoms with E-state index in [0.717, 1.165) is 44.1 Å². The summed E-state index contributed by atoms with van der Waals surface area (Å²) in [4.78, 5) is 50.0. The van der Waals surface area contributed by atoms with Gasteiger partial charge in [-0.05, 0) is 98.3 Å². The van der Waals surface area contributed by atoms with E-state index in [4.69, 9.17) is 4.74 Å². The maximum Gasteiger partial charge on any atom is 0.306 e. The minimum Gasteiger partial charge on any atom is -0.504 e. The van der Waals surface area contributed by atoms with Crippen LogP contribution in [0, 0.1) is 28.6 Å². The van der Waals surface area contributed by atoms with Crippen molar-refractivity contribution >= 4 is 23.4 Å². The number of hydrogen-bond donors (Lipinski definition) is 4. The Morgan fingerprint density at radius 1 is 0.976 bits per heavy atom. The van der Waals surface area contributed by atoms with Gasteiger partial charge in [-0.3, -0.25) is 19.2 Å². The summed E-state index contributed by atoms with van der Waals surface area (Å²) in [6.45, 7) is 4.12. The molecule has 4 aliphatic rings. The number of benzene rings is 1. The van der Waals surface area contributed by atoms with Gasteiger partial charge in [0.25, 0.3) is 0 Å². The lowest BCUT2D eigenvalue weighted by molar-refractivity contribution is -0.170. The van der Waals surface area contributed by atoms with Crippen LogP contribution in [-0.2, 0) is 30.3 Å². The van der Waals surface area contributed by atoms with Gasteiger partial charge in [0.15, 0.2) is 23.9 Å². The predicted octanol–water partition coefficient (Wildman–Crippen LogP) is 3.91. The maximum absolute atomic E-state index is 13.4. The maximum atomic E-state index is 13.4. The van der Waals surface area contributed by atoms with Gasteiger partial charge in [-0.25, -0.2) is 0 Å². The molecule has 1 aromatic rings. The zero-order valence-electron chi connectivity index (χ0n) is 24.6. The molecular formula is C33H43NO8. The van der Waals surface area contributed by atoms with Gasteiger partial charge in [-0.2, -0.15) is 0 Å². The topological polar surface area (TPSA) is 150 Å². The number of phenols is 2. The number of fused-ring (bicyclic) bond motifs is 5. The SMILES string of the molecule is C[C@]12CCC(=O)C=C1CC[C@@H]1[C@@H]2CC[C@@]2(C)[C@H]1CC[C@]2(O)C(=O)COC(=O)CCC(=O)NCCc1ccc(O)c(O)c1. The number of aromatic hydroxyl groups is 2. The number of nitrogens with one attached hydrogen (secondary N) is 1. The summed E-state index contributed by atoms with van der Waals surface area (Å²) < 4.78 is 5.24. The van der Waals surface area contributed by atoms with Gasteiger partial charge >= 0.3 is 5.97 Å². The van der Waals surface area contributed by atoms with E-state index in [0.29, 0.717) is 37.6 Å². The molecule has 0 unspecified atom stereocenters. The number of allylic oxidation sites excluding steroid dienone is 1. The van der Waals surface area contributed by atoms with E-state index in [-0.39, 0.29) is 47.4 Å². The van der Waals surface area contributed by atoms with E-state index < -0.39 is 29.4 Å². The summed E-state index contributed by atoms with van der Waals surface area (Å²) in [7, 11) is 0. The van der Waals surface area contributed by atoms with Crippen molar-refractivity contribution in [3.8, 4) is 11.5 Å². The van der Waals surface area contributed by atoms with Crippen molar-refractivity contribution in [2.24, 2.45) is 28.6 Å². The molecule has 228 valence electrons. The monoisotopic (exact) mass is 581 g/mol. The molecule has 9 heteroatoms. The van der Waals surface area contributed by atoms with Gasteiger partial charge in [0.1, 0.15) is 5.60 Å². The number of carbonyl (C=O) groups is 4. The van der Waals surface area contributed by atoms with Crippen LogP contribution in [0.5, 0.6) is 11.5 Å². The largest absolute Gasteiger partial charge is 0.504 e. The van der Waals surface area contributed by atoms with Crippen molar-refractivity contribution in [2.75, 3.05) is 13.2 Å². The van der Waals surface area contributed by atoms with Crippen LogP contribution < -0.4 is 5.32 Å². The van der Waals surface area contributed by atoms with Crippen molar-refractivity contribution in [1.29, 1.82) is 0 Å². The second kappa shape index (κ2) is 11.5. The van der Waals surface area contributed by atoms with Crippen molar-refractivity contribution in [3.05, 3.63) is 35.4 Å². The van der Waals surface area contributed by atoms with E-state index in [1.54, 1.807) is 6.07 Å². The van der Waals surface area contributed by atoms with Gasteiger partial charge in [0.05, 0.1) is 6.42 Å². The highest BCUT2D eigenvalue weighted by molar-refractivity contribution is 5.92. The molecule has 4 aliphatic carbocycles. The molecule has 42 heavy (non-hydrogen) atoms. The molecule has 1 amide bonds. The van der Waals surface area contributed by atoms with Crippen LogP contribution in [0.25, 0.3) is 0 Å². The van der Waals surface area contributed by atoms with Gasteiger partial charge in [-0.1, -0.05) is 25.5 Å². The molecule has 6 atom stereocenters. The van der Waals surface area contributed by atoms with E-state index in [1.165, 1.54) is 17.7 Å². The number of carbonyl (C=O) groups excluding carboxylic acids is 4. The fourth-order valence-electron chi connectivity index (χ4n) is 8.75. The number of rotatable bonds is 9. The normalized spacial score (nSPS) is 33.5. The molecule has 0 aromatic heterocycles. The van der Waals surface area contributed by atoms with Crippen molar-refractivity contribution in [3.63, 3.8) is 0 Å². The lowest BCUT2D eigenvalue weighted by Crippen LogP contribution is -2.58. The van der Waals surface area contributed by atoms with Crippen molar-refractivity contribution < 1.29 is 39.2 Å². The lowest BCUT2D eigenvalue weighted by Gasteiger charge is -2.58. The minimum atomic E-state index is -1.55. The van der Waals surface area contributed by atoms with Crippen LogP contribution in [0.3, 0.4) is 0 Å². The lowest BCUT2D eigenvalue weighted by atomic mass is 9.46. The predicted molar refractivity (Wildman–Crippen MR) is 153 cm³/mol. The van der Waals surface area contributed by atoms with Crippen LogP contribution in [-0.4, -0.2) is 57.5 Å². The van der Waals surface area contributed by atoms with Gasteiger partial charge in [0, 0.05) is 24.8 Å². The first-order valence-corrected chi connectivity index (χ1v) is 15.3. The first kappa shape index (κ1) is 30.3. The minimum absolute atomic E-state index is 0.0131. The molecular weight excluding hydrogens is 538 g/mol. The molecule has 0 spiro atoms. The third kappa shape index (κ3) is 5.36. The highest BCUT2D eigenvalue weighted by Crippen LogP contribution is 2.67. The van der Waals surface area contributed by atoms with Gasteiger partial charge < -0.3 is 25.4 Å². The zero-order chi connectivity index (χ0) is 30.3. The average molecular weight is 582 g/mol. The zero-order valence-corrected chi connectivity index (χ0v) is 24.6. The molecule has 4 N–H and O–H groups in total. The Labute approximate surface area is 246 Å². The highest BCUT2D eigenvalue weighted by Gasteiger charge is 2.66. The summed E-state index contributed by atoms with van der Waals surface area (Å²) in [6, 6.07) is 4.44. The molecule has 0 radical (unpaired) electrons. The Kier molecular flexibility index (Phi) is 8.27. The quantitative estimate of drug-likeness (QED) is 0.253. The second-order valence-electron chi connectivity index (χ2n) is 13.3. The van der Waals surface area contributed by atoms with Crippen molar-refractivity contribution in [2.45, 2.75) is 90.1 Å². The van der Waals surface area contributed by atoms with Crippen LogP contribution in [0.4, 0.5) is 0 Å². The van der Waals surface area contributed by atoms with Crippen LogP contribution in [0.15, 0.2) is 29.8 Å². The Morgan fingerprint density at radius 2 is 1.74 bits per heavy atom. The number of aliphatic hydroxyl groups is 1. The third-order valence-electron chi connectivity index (χ3n) is 11.3. The molecule has 0 aliphatic heterocycles. The van der Waals surface area contributed by atoms with Crippen LogP contribution in [0.1, 0.15) is 83.6 Å². The van der Waals surface area contributed by atoms with Crippen LogP contribution >= 0.6 is 0 Å². The summed E-state index contributed by atoms with van der Waals surface area (Å²) in [6.07, 6.45) is 8.10. The van der Waals surface area contributed by atoms with Gasteiger partial charge in [0.2, 0.25) is 11.7 Å². The first-order chi connectivity index (χ1) is 19.9. The second-order valence-corrected chi connectivity index (χ2v) is 13.3. The summed E-state index contributed by atoms with van der Waals surface area (Å²) >= 11 is 0.